The highest BCUT2D eigenvalue weighted by molar-refractivity contribution is 5.46. The van der Waals surface area contributed by atoms with Crippen molar-refractivity contribution in [1.29, 1.82) is 0 Å². The molecule has 0 radical (unpaired) electrons. The van der Waals surface area contributed by atoms with E-state index in [1.165, 1.54) is 5.56 Å². The molecule has 5 heteroatoms. The maximum absolute atomic E-state index is 6.72. The highest BCUT2D eigenvalue weighted by Crippen LogP contribution is 2.39. The molecule has 2 aromatic carbocycles. The Kier molecular flexibility index (Phi) is 5.97. The van der Waals surface area contributed by atoms with E-state index in [1.807, 2.05) is 12.1 Å². The number of benzene rings is 2. The van der Waals surface area contributed by atoms with E-state index in [2.05, 4.69) is 47.6 Å². The van der Waals surface area contributed by atoms with Gasteiger partial charge in [0.05, 0.1) is 14.2 Å². The van der Waals surface area contributed by atoms with E-state index < -0.39 is 0 Å². The van der Waals surface area contributed by atoms with Crippen molar-refractivity contribution < 1.29 is 14.2 Å². The molecule has 1 heterocycles. The highest BCUT2D eigenvalue weighted by atomic mass is 16.5. The van der Waals surface area contributed by atoms with E-state index in [9.17, 15) is 0 Å². The van der Waals surface area contributed by atoms with Gasteiger partial charge >= 0.3 is 0 Å². The largest absolute Gasteiger partial charge is 0.493 e. The fourth-order valence-corrected chi connectivity index (χ4v) is 4.83. The van der Waals surface area contributed by atoms with Crippen LogP contribution in [0.15, 0.2) is 42.5 Å². The third-order valence-electron chi connectivity index (χ3n) is 6.39. The summed E-state index contributed by atoms with van der Waals surface area (Å²) in [5.74, 6) is 2.64. The Balaban J connectivity index is 1.63. The fraction of sp³-hybridized carbons (Fsp3) is 0.500. The maximum Gasteiger partial charge on any atom is 0.165 e. The van der Waals surface area contributed by atoms with Crippen LogP contribution in [0.2, 0.25) is 0 Å². The molecule has 0 bridgehead atoms. The number of ether oxygens (including phenoxy) is 3. The summed E-state index contributed by atoms with van der Waals surface area (Å²) in [6.07, 6.45) is 4.43. The molecule has 156 valence electrons. The molecule has 29 heavy (non-hydrogen) atoms. The van der Waals surface area contributed by atoms with Crippen LogP contribution in [0.4, 0.5) is 0 Å². The molecule has 1 aliphatic carbocycles. The zero-order chi connectivity index (χ0) is 20.3. The van der Waals surface area contributed by atoms with Gasteiger partial charge in [0.2, 0.25) is 0 Å². The van der Waals surface area contributed by atoms with E-state index in [1.54, 1.807) is 14.2 Å². The fourth-order valence-electron chi connectivity index (χ4n) is 4.83. The number of para-hydroxylation sites is 2. The van der Waals surface area contributed by atoms with Crippen molar-refractivity contribution in [2.45, 2.75) is 50.4 Å². The quantitative estimate of drug-likeness (QED) is 0.828. The van der Waals surface area contributed by atoms with E-state index in [0.29, 0.717) is 6.04 Å². The van der Waals surface area contributed by atoms with Crippen LogP contribution >= 0.6 is 0 Å². The molecule has 2 aromatic rings. The summed E-state index contributed by atoms with van der Waals surface area (Å²) in [6, 6.07) is 15.2. The molecule has 1 fully saturated rings. The summed E-state index contributed by atoms with van der Waals surface area (Å²) in [4.78, 5) is 2.50. The molecule has 4 rings (SSSR count). The number of rotatable bonds is 5. The minimum atomic E-state index is -0.133. The van der Waals surface area contributed by atoms with Gasteiger partial charge in [0.15, 0.2) is 11.5 Å². The minimum absolute atomic E-state index is 0.133. The number of nitrogens with zero attached hydrogens (tertiary/aromatic N) is 1. The summed E-state index contributed by atoms with van der Waals surface area (Å²) < 4.78 is 17.9. The summed E-state index contributed by atoms with van der Waals surface area (Å²) >= 11 is 0. The Morgan fingerprint density at radius 3 is 2.59 bits per heavy atom. The van der Waals surface area contributed by atoms with Gasteiger partial charge in [0, 0.05) is 36.8 Å². The maximum atomic E-state index is 6.72. The van der Waals surface area contributed by atoms with Crippen molar-refractivity contribution in [3.63, 3.8) is 0 Å². The lowest BCUT2D eigenvalue weighted by molar-refractivity contribution is -0.00335. The Labute approximate surface area is 174 Å². The average Bonchev–Trinajstić information content (AvgIpc) is 2.90. The smallest absolute Gasteiger partial charge is 0.165 e. The van der Waals surface area contributed by atoms with Crippen molar-refractivity contribution >= 4 is 0 Å². The van der Waals surface area contributed by atoms with Gasteiger partial charge in [-0.05, 0) is 44.9 Å². The summed E-state index contributed by atoms with van der Waals surface area (Å²) in [6.45, 7) is 2.58. The summed E-state index contributed by atoms with van der Waals surface area (Å²) in [5, 5.41) is 3.44. The predicted molar refractivity (Wildman–Crippen MR) is 115 cm³/mol. The van der Waals surface area contributed by atoms with Gasteiger partial charge < -0.3 is 19.5 Å². The first-order chi connectivity index (χ1) is 14.2. The zero-order valence-corrected chi connectivity index (χ0v) is 17.7. The lowest BCUT2D eigenvalue weighted by Crippen LogP contribution is -2.50. The molecule has 0 unspecified atom stereocenters. The van der Waals surface area contributed by atoms with Crippen LogP contribution in [0, 0.1) is 0 Å². The van der Waals surface area contributed by atoms with Gasteiger partial charge in [-0.3, -0.25) is 4.90 Å². The first-order valence-corrected chi connectivity index (χ1v) is 10.5. The molecule has 0 aromatic heterocycles. The first-order valence-electron chi connectivity index (χ1n) is 10.5. The second-order valence-corrected chi connectivity index (χ2v) is 8.25. The molecule has 1 saturated carbocycles. The van der Waals surface area contributed by atoms with Crippen molar-refractivity contribution in [1.82, 2.24) is 10.2 Å². The zero-order valence-electron chi connectivity index (χ0n) is 17.7. The Bertz CT molecular complexity index is 831. The number of fused-ring (bicyclic) bond motifs is 1. The number of hydrogen-bond donors (Lipinski definition) is 1. The molecule has 1 aliphatic heterocycles. The number of hydrogen-bond acceptors (Lipinski definition) is 5. The summed E-state index contributed by atoms with van der Waals surface area (Å²) in [5.41, 5.74) is 2.26. The normalized spacial score (nSPS) is 24.4. The van der Waals surface area contributed by atoms with Crippen LogP contribution in [0.5, 0.6) is 17.2 Å². The van der Waals surface area contributed by atoms with Crippen molar-refractivity contribution in [3.8, 4) is 17.2 Å². The van der Waals surface area contributed by atoms with Crippen LogP contribution in [0.3, 0.4) is 0 Å². The Morgan fingerprint density at radius 1 is 1.07 bits per heavy atom. The van der Waals surface area contributed by atoms with Gasteiger partial charge in [-0.2, -0.15) is 0 Å². The molecule has 0 atom stereocenters. The number of methoxy groups -OCH3 is 2. The molecular formula is C24H32N2O3. The molecule has 2 aliphatic rings. The Hall–Kier alpha value is -2.24. The molecule has 0 saturated heterocycles. The van der Waals surface area contributed by atoms with Gasteiger partial charge in [-0.15, -0.1) is 0 Å². The molecule has 1 N–H and O–H groups in total. The molecular weight excluding hydrogens is 364 g/mol. The van der Waals surface area contributed by atoms with Gasteiger partial charge in [0.1, 0.15) is 11.4 Å². The van der Waals surface area contributed by atoms with E-state index in [-0.39, 0.29) is 5.60 Å². The average molecular weight is 397 g/mol. The second kappa shape index (κ2) is 8.64. The third kappa shape index (κ3) is 4.21. The molecule has 1 spiro atoms. The van der Waals surface area contributed by atoms with Gasteiger partial charge in [-0.25, -0.2) is 0 Å². The predicted octanol–water partition coefficient (Wildman–Crippen LogP) is 4.00. The van der Waals surface area contributed by atoms with Crippen LogP contribution in [0.1, 0.15) is 36.8 Å². The summed E-state index contributed by atoms with van der Waals surface area (Å²) in [7, 11) is 5.46. The topological polar surface area (TPSA) is 43.0 Å². The second-order valence-electron chi connectivity index (χ2n) is 8.25. The highest BCUT2D eigenvalue weighted by Gasteiger charge is 2.41. The molecule has 5 nitrogen and oxygen atoms in total. The monoisotopic (exact) mass is 396 g/mol. The lowest BCUT2D eigenvalue weighted by atomic mass is 9.81. The van der Waals surface area contributed by atoms with E-state index >= 15 is 0 Å². The standard InChI is InChI=1S/C24H32N2O3/c1-25-20-11-13-24(14-12-20)17-26(15-18-7-4-5-9-21(18)29-24)16-19-8-6-10-22(27-2)23(19)28-3/h4-10,20,25H,11-17H2,1-3H3. The van der Waals surface area contributed by atoms with Gasteiger partial charge in [-0.1, -0.05) is 30.3 Å². The van der Waals surface area contributed by atoms with Crippen LogP contribution in [-0.2, 0) is 13.1 Å². The van der Waals surface area contributed by atoms with E-state index in [0.717, 1.165) is 68.1 Å². The van der Waals surface area contributed by atoms with Crippen molar-refractivity contribution in [3.05, 3.63) is 53.6 Å². The SMILES string of the molecule is CNC1CCC2(CC1)CN(Cc1cccc(OC)c1OC)Cc1ccccc1O2. The van der Waals surface area contributed by atoms with Crippen LogP contribution < -0.4 is 19.5 Å². The first kappa shape index (κ1) is 20.0. The lowest BCUT2D eigenvalue weighted by Gasteiger charge is -2.41. The minimum Gasteiger partial charge on any atom is -0.493 e. The van der Waals surface area contributed by atoms with Crippen molar-refractivity contribution in [2.75, 3.05) is 27.8 Å². The molecule has 0 amide bonds. The number of nitrogens with one attached hydrogen (secondary N) is 1. The van der Waals surface area contributed by atoms with Crippen LogP contribution in [-0.4, -0.2) is 44.4 Å². The van der Waals surface area contributed by atoms with E-state index in [4.69, 9.17) is 14.2 Å². The Morgan fingerprint density at radius 2 is 1.86 bits per heavy atom. The van der Waals surface area contributed by atoms with Gasteiger partial charge in [0.25, 0.3) is 0 Å². The van der Waals surface area contributed by atoms with Crippen LogP contribution in [0.25, 0.3) is 0 Å². The van der Waals surface area contributed by atoms with Crippen molar-refractivity contribution in [2.24, 2.45) is 0 Å². The third-order valence-corrected chi connectivity index (χ3v) is 6.39.